The Bertz CT molecular complexity index is 519. The van der Waals surface area contributed by atoms with Crippen LogP contribution in [-0.4, -0.2) is 62.2 Å². The van der Waals surface area contributed by atoms with Crippen LogP contribution in [0.4, 0.5) is 0 Å². The topological polar surface area (TPSA) is 58.4 Å². The lowest BCUT2D eigenvalue weighted by molar-refractivity contribution is -0.143. The molecule has 2 amide bonds. The number of rotatable bonds is 2. The molecule has 2 aliphatic rings. The van der Waals surface area contributed by atoms with Crippen molar-refractivity contribution in [1.29, 1.82) is 0 Å². The van der Waals surface area contributed by atoms with Crippen molar-refractivity contribution in [2.45, 2.75) is 31.8 Å². The molecule has 2 aliphatic heterocycles. The second-order valence-electron chi connectivity index (χ2n) is 5.57. The van der Waals surface area contributed by atoms with E-state index in [9.17, 15) is 9.59 Å². The standard InChI is InChI=1S/C14H20N4O2S/c1-11(19)17-10-21-9-13(17)14(20)16-6-2-4-12(8-16)18-7-3-5-15-18/h3,5,7,12-13H,2,4,6,8-10H2,1H3/t12-,13+/m1/s1. The molecule has 2 atom stereocenters. The number of thioether (sulfide) groups is 1. The normalized spacial score (nSPS) is 26.1. The van der Waals surface area contributed by atoms with E-state index in [1.807, 2.05) is 21.8 Å². The molecule has 0 saturated carbocycles. The van der Waals surface area contributed by atoms with Crippen molar-refractivity contribution in [2.75, 3.05) is 24.7 Å². The van der Waals surface area contributed by atoms with Gasteiger partial charge in [-0.15, -0.1) is 11.8 Å². The summed E-state index contributed by atoms with van der Waals surface area (Å²) in [6, 6.07) is 1.87. The van der Waals surface area contributed by atoms with E-state index in [0.717, 1.165) is 19.4 Å². The van der Waals surface area contributed by atoms with Gasteiger partial charge in [0.1, 0.15) is 6.04 Å². The second-order valence-corrected chi connectivity index (χ2v) is 6.57. The van der Waals surface area contributed by atoms with Crippen LogP contribution in [0.15, 0.2) is 18.5 Å². The minimum Gasteiger partial charge on any atom is -0.339 e. The van der Waals surface area contributed by atoms with Crippen LogP contribution in [-0.2, 0) is 9.59 Å². The highest BCUT2D eigenvalue weighted by molar-refractivity contribution is 7.99. The molecule has 114 valence electrons. The molecule has 0 radical (unpaired) electrons. The average molecular weight is 308 g/mol. The van der Waals surface area contributed by atoms with Crippen LogP contribution in [0.5, 0.6) is 0 Å². The molecule has 0 unspecified atom stereocenters. The zero-order valence-corrected chi connectivity index (χ0v) is 13.0. The molecule has 0 N–H and O–H groups in total. The van der Waals surface area contributed by atoms with Gasteiger partial charge in [0, 0.05) is 38.2 Å². The van der Waals surface area contributed by atoms with Crippen molar-refractivity contribution in [2.24, 2.45) is 0 Å². The average Bonchev–Trinajstić information content (AvgIpc) is 3.17. The van der Waals surface area contributed by atoms with Crippen molar-refractivity contribution in [1.82, 2.24) is 19.6 Å². The Balaban J connectivity index is 1.68. The zero-order valence-electron chi connectivity index (χ0n) is 12.1. The molecule has 3 rings (SSSR count). The van der Waals surface area contributed by atoms with E-state index in [1.54, 1.807) is 22.9 Å². The molecule has 0 aliphatic carbocycles. The van der Waals surface area contributed by atoms with Crippen LogP contribution < -0.4 is 0 Å². The number of carbonyl (C=O) groups is 2. The van der Waals surface area contributed by atoms with Gasteiger partial charge in [0.05, 0.1) is 11.9 Å². The number of piperidine rings is 1. The lowest BCUT2D eigenvalue weighted by Crippen LogP contribution is -2.51. The predicted octanol–water partition coefficient (Wildman–Crippen LogP) is 0.968. The summed E-state index contributed by atoms with van der Waals surface area (Å²) in [4.78, 5) is 27.9. The highest BCUT2D eigenvalue weighted by Gasteiger charge is 2.37. The molecule has 21 heavy (non-hydrogen) atoms. The van der Waals surface area contributed by atoms with Crippen molar-refractivity contribution >= 4 is 23.6 Å². The Morgan fingerprint density at radius 1 is 1.38 bits per heavy atom. The van der Waals surface area contributed by atoms with E-state index in [4.69, 9.17) is 0 Å². The minimum absolute atomic E-state index is 0.0148. The third kappa shape index (κ3) is 2.92. The van der Waals surface area contributed by atoms with Crippen LogP contribution >= 0.6 is 11.8 Å². The summed E-state index contributed by atoms with van der Waals surface area (Å²) in [6.07, 6.45) is 5.75. The fourth-order valence-corrected chi connectivity index (χ4v) is 4.25. The number of aromatic nitrogens is 2. The lowest BCUT2D eigenvalue weighted by atomic mass is 10.0. The molecular weight excluding hydrogens is 288 g/mol. The molecule has 1 aromatic rings. The van der Waals surface area contributed by atoms with E-state index in [0.29, 0.717) is 18.2 Å². The predicted molar refractivity (Wildman–Crippen MR) is 80.7 cm³/mol. The number of amides is 2. The maximum Gasteiger partial charge on any atom is 0.246 e. The third-order valence-electron chi connectivity index (χ3n) is 4.18. The van der Waals surface area contributed by atoms with Gasteiger partial charge in [-0.2, -0.15) is 5.10 Å². The van der Waals surface area contributed by atoms with Gasteiger partial charge in [0.2, 0.25) is 11.8 Å². The maximum absolute atomic E-state index is 12.7. The highest BCUT2D eigenvalue weighted by atomic mass is 32.2. The molecule has 0 aromatic carbocycles. The van der Waals surface area contributed by atoms with Gasteiger partial charge in [-0.05, 0) is 18.9 Å². The van der Waals surface area contributed by atoms with Gasteiger partial charge in [-0.1, -0.05) is 0 Å². The van der Waals surface area contributed by atoms with Crippen LogP contribution in [0.25, 0.3) is 0 Å². The van der Waals surface area contributed by atoms with E-state index < -0.39 is 0 Å². The molecule has 7 heteroatoms. The van der Waals surface area contributed by atoms with E-state index in [2.05, 4.69) is 5.10 Å². The summed E-state index contributed by atoms with van der Waals surface area (Å²) in [7, 11) is 0. The zero-order chi connectivity index (χ0) is 14.8. The first kappa shape index (κ1) is 14.4. The highest BCUT2D eigenvalue weighted by Crippen LogP contribution is 2.26. The first-order valence-corrected chi connectivity index (χ1v) is 8.45. The van der Waals surface area contributed by atoms with Gasteiger partial charge < -0.3 is 9.80 Å². The Kier molecular flexibility index (Phi) is 4.19. The van der Waals surface area contributed by atoms with Crippen molar-refractivity contribution in [3.63, 3.8) is 0 Å². The van der Waals surface area contributed by atoms with Crippen LogP contribution in [0, 0.1) is 0 Å². The summed E-state index contributed by atoms with van der Waals surface area (Å²) in [5.41, 5.74) is 0. The van der Waals surface area contributed by atoms with Gasteiger partial charge in [-0.3, -0.25) is 14.3 Å². The monoisotopic (exact) mass is 308 g/mol. The van der Waals surface area contributed by atoms with Gasteiger partial charge in [0.25, 0.3) is 0 Å². The second kappa shape index (κ2) is 6.09. The first-order chi connectivity index (χ1) is 10.2. The van der Waals surface area contributed by atoms with Gasteiger partial charge in [-0.25, -0.2) is 0 Å². The number of likely N-dealkylation sites (tertiary alicyclic amines) is 1. The SMILES string of the molecule is CC(=O)N1CSC[C@H]1C(=O)N1CCC[C@@H](n2cccn2)C1. The maximum atomic E-state index is 12.7. The van der Waals surface area contributed by atoms with Crippen molar-refractivity contribution in [3.8, 4) is 0 Å². The van der Waals surface area contributed by atoms with Gasteiger partial charge in [0.15, 0.2) is 0 Å². The Hall–Kier alpha value is -1.50. The smallest absolute Gasteiger partial charge is 0.246 e. The van der Waals surface area contributed by atoms with Crippen LogP contribution in [0.3, 0.4) is 0 Å². The summed E-state index contributed by atoms with van der Waals surface area (Å²) >= 11 is 1.65. The number of hydrogen-bond acceptors (Lipinski definition) is 4. The fraction of sp³-hybridized carbons (Fsp3) is 0.643. The molecule has 0 spiro atoms. The fourth-order valence-electron chi connectivity index (χ4n) is 3.04. The molecule has 6 nitrogen and oxygen atoms in total. The summed E-state index contributed by atoms with van der Waals surface area (Å²) in [5, 5.41) is 4.28. The molecule has 2 saturated heterocycles. The van der Waals surface area contributed by atoms with E-state index in [1.165, 1.54) is 6.92 Å². The molecule has 2 fully saturated rings. The minimum atomic E-state index is -0.288. The summed E-state index contributed by atoms with van der Waals surface area (Å²) < 4.78 is 1.94. The van der Waals surface area contributed by atoms with E-state index >= 15 is 0 Å². The Labute approximate surface area is 128 Å². The number of nitrogens with zero attached hydrogens (tertiary/aromatic N) is 4. The first-order valence-electron chi connectivity index (χ1n) is 7.29. The molecule has 3 heterocycles. The summed E-state index contributed by atoms with van der Waals surface area (Å²) in [5.74, 6) is 1.41. The molecule has 0 bridgehead atoms. The van der Waals surface area contributed by atoms with Crippen molar-refractivity contribution in [3.05, 3.63) is 18.5 Å². The third-order valence-corrected chi connectivity index (χ3v) is 5.19. The van der Waals surface area contributed by atoms with E-state index in [-0.39, 0.29) is 23.9 Å². The largest absolute Gasteiger partial charge is 0.339 e. The molecule has 1 aromatic heterocycles. The van der Waals surface area contributed by atoms with Crippen LogP contribution in [0.2, 0.25) is 0 Å². The van der Waals surface area contributed by atoms with Crippen LogP contribution in [0.1, 0.15) is 25.8 Å². The number of carbonyl (C=O) groups excluding carboxylic acids is 2. The van der Waals surface area contributed by atoms with Gasteiger partial charge >= 0.3 is 0 Å². The summed E-state index contributed by atoms with van der Waals surface area (Å²) in [6.45, 7) is 3.01. The quantitative estimate of drug-likeness (QED) is 0.817. The lowest BCUT2D eigenvalue weighted by Gasteiger charge is -2.35. The Morgan fingerprint density at radius 3 is 2.95 bits per heavy atom. The Morgan fingerprint density at radius 2 is 2.24 bits per heavy atom. The van der Waals surface area contributed by atoms with Crippen molar-refractivity contribution < 1.29 is 9.59 Å². The number of hydrogen-bond donors (Lipinski definition) is 0. The molecular formula is C14H20N4O2S.